The number of aromatic amines is 2. The summed E-state index contributed by atoms with van der Waals surface area (Å²) in [6, 6.07) is 14.3. The first kappa shape index (κ1) is 20.0. The topological polar surface area (TPSA) is 92.4 Å². The van der Waals surface area contributed by atoms with Crippen LogP contribution in [-0.2, 0) is 0 Å². The van der Waals surface area contributed by atoms with Crippen LogP contribution >= 0.6 is 0 Å². The fourth-order valence-corrected chi connectivity index (χ4v) is 4.20. The minimum Gasteiger partial charge on any atom is -0.497 e. The summed E-state index contributed by atoms with van der Waals surface area (Å²) in [5.74, 6) is 0.0508. The van der Waals surface area contributed by atoms with Crippen LogP contribution in [0.4, 0.5) is 4.39 Å². The Bertz CT molecular complexity index is 1690. The van der Waals surface area contributed by atoms with Crippen LogP contribution < -0.4 is 4.74 Å². The highest BCUT2D eigenvalue weighted by Gasteiger charge is 2.17. The maximum atomic E-state index is 14.2. The molecule has 5 heterocycles. The van der Waals surface area contributed by atoms with E-state index in [1.807, 2.05) is 43.5 Å². The Morgan fingerprint density at radius 1 is 0.941 bits per heavy atom. The Labute approximate surface area is 193 Å². The van der Waals surface area contributed by atoms with Crippen molar-refractivity contribution in [3.8, 4) is 39.7 Å². The average molecular weight is 450 g/mol. The first-order valence-electron chi connectivity index (χ1n) is 10.7. The van der Waals surface area contributed by atoms with Crippen LogP contribution in [0.25, 0.3) is 55.8 Å². The number of pyridine rings is 3. The van der Waals surface area contributed by atoms with Crippen molar-refractivity contribution in [2.75, 3.05) is 7.11 Å². The second-order valence-electron chi connectivity index (χ2n) is 8.04. The predicted octanol–water partition coefficient (Wildman–Crippen LogP) is 5.69. The molecule has 0 radical (unpaired) electrons. The van der Waals surface area contributed by atoms with Gasteiger partial charge in [-0.2, -0.15) is 5.10 Å². The normalized spacial score (nSPS) is 11.4. The highest BCUT2D eigenvalue weighted by Crippen LogP contribution is 2.34. The number of hydrogen-bond acceptors (Lipinski definition) is 5. The summed E-state index contributed by atoms with van der Waals surface area (Å²) in [6.07, 6.45) is 5.28. The average Bonchev–Trinajstić information content (AvgIpc) is 3.47. The van der Waals surface area contributed by atoms with E-state index in [0.717, 1.165) is 44.5 Å². The molecule has 34 heavy (non-hydrogen) atoms. The van der Waals surface area contributed by atoms with Crippen molar-refractivity contribution < 1.29 is 9.13 Å². The number of nitrogens with one attached hydrogen (secondary N) is 2. The summed E-state index contributed by atoms with van der Waals surface area (Å²) in [5.41, 5.74) is 8.08. The van der Waals surface area contributed by atoms with E-state index in [1.165, 1.54) is 19.2 Å². The van der Waals surface area contributed by atoms with Crippen molar-refractivity contribution in [1.29, 1.82) is 0 Å². The van der Waals surface area contributed by atoms with Crippen LogP contribution in [0, 0.1) is 12.7 Å². The van der Waals surface area contributed by atoms with E-state index in [2.05, 4.69) is 25.1 Å². The third-order valence-electron chi connectivity index (χ3n) is 5.91. The molecule has 6 aromatic rings. The van der Waals surface area contributed by atoms with Gasteiger partial charge in [-0.3, -0.25) is 15.1 Å². The Morgan fingerprint density at radius 2 is 1.85 bits per heavy atom. The third-order valence-corrected chi connectivity index (χ3v) is 5.91. The van der Waals surface area contributed by atoms with Gasteiger partial charge in [0.2, 0.25) is 0 Å². The van der Waals surface area contributed by atoms with Crippen LogP contribution in [0.2, 0.25) is 0 Å². The van der Waals surface area contributed by atoms with Gasteiger partial charge in [-0.05, 0) is 55.0 Å². The summed E-state index contributed by atoms with van der Waals surface area (Å²) in [4.78, 5) is 17.1. The second-order valence-corrected chi connectivity index (χ2v) is 8.04. The fraction of sp³-hybridized carbons (Fsp3) is 0.0769. The molecule has 2 N–H and O–H groups in total. The monoisotopic (exact) mass is 450 g/mol. The van der Waals surface area contributed by atoms with Crippen LogP contribution in [0.5, 0.6) is 5.75 Å². The second kappa shape index (κ2) is 7.77. The molecule has 7 nitrogen and oxygen atoms in total. The standard InChI is InChI=1S/C26H19FN6O/c1-14-5-7-28-13-19(14)20-3-4-22-25(31-20)26(33-32-22)23-12-18-21(30-23)6-8-29-24(18)15-9-16(27)11-17(10-15)34-2/h3-13,30H,1-2H3,(H,32,33). The van der Waals surface area contributed by atoms with Crippen LogP contribution in [-0.4, -0.2) is 37.2 Å². The fourth-order valence-electron chi connectivity index (χ4n) is 4.20. The molecule has 5 aromatic heterocycles. The molecule has 0 aliphatic carbocycles. The molecule has 0 unspecified atom stereocenters. The number of ether oxygens (including phenoxy) is 1. The van der Waals surface area contributed by atoms with E-state index >= 15 is 0 Å². The molecule has 0 amide bonds. The smallest absolute Gasteiger partial charge is 0.135 e. The van der Waals surface area contributed by atoms with E-state index in [4.69, 9.17) is 9.72 Å². The third kappa shape index (κ3) is 3.27. The van der Waals surface area contributed by atoms with Crippen molar-refractivity contribution >= 4 is 21.9 Å². The minimum atomic E-state index is -0.385. The number of aryl methyl sites for hydroxylation is 1. The van der Waals surface area contributed by atoms with Gasteiger partial charge in [0.1, 0.15) is 22.8 Å². The molecule has 1 aromatic carbocycles. The lowest BCUT2D eigenvalue weighted by Gasteiger charge is -2.06. The van der Waals surface area contributed by atoms with Crippen molar-refractivity contribution in [3.05, 3.63) is 78.5 Å². The Hall–Kier alpha value is -4.59. The Kier molecular flexibility index (Phi) is 4.58. The van der Waals surface area contributed by atoms with Gasteiger partial charge >= 0.3 is 0 Å². The summed E-state index contributed by atoms with van der Waals surface area (Å²) < 4.78 is 19.4. The molecule has 0 atom stereocenters. The van der Waals surface area contributed by atoms with Gasteiger partial charge in [0, 0.05) is 46.7 Å². The van der Waals surface area contributed by atoms with Crippen LogP contribution in [0.3, 0.4) is 0 Å². The predicted molar refractivity (Wildman–Crippen MR) is 129 cm³/mol. The summed E-state index contributed by atoms with van der Waals surface area (Å²) in [5, 5.41) is 8.44. The van der Waals surface area contributed by atoms with Gasteiger partial charge in [0.05, 0.1) is 29.7 Å². The summed E-state index contributed by atoms with van der Waals surface area (Å²) >= 11 is 0. The Balaban J connectivity index is 1.51. The molecular weight excluding hydrogens is 431 g/mol. The molecular formula is C26H19FN6O. The number of nitrogens with zero attached hydrogens (tertiary/aromatic N) is 4. The van der Waals surface area contributed by atoms with Gasteiger partial charge in [-0.15, -0.1) is 0 Å². The van der Waals surface area contributed by atoms with Crippen LogP contribution in [0.1, 0.15) is 5.56 Å². The SMILES string of the molecule is COc1cc(F)cc(-c2nccc3[nH]c(-c4n[nH]c5ccc(-c6cnccc6C)nc45)cc23)c1. The summed E-state index contributed by atoms with van der Waals surface area (Å²) in [6.45, 7) is 2.03. The molecule has 0 aliphatic heterocycles. The van der Waals surface area contributed by atoms with Gasteiger partial charge < -0.3 is 9.72 Å². The number of halogens is 1. The number of methoxy groups -OCH3 is 1. The zero-order valence-electron chi connectivity index (χ0n) is 18.4. The zero-order valence-corrected chi connectivity index (χ0v) is 18.4. The molecule has 0 saturated carbocycles. The molecule has 8 heteroatoms. The van der Waals surface area contributed by atoms with Gasteiger partial charge in [0.25, 0.3) is 0 Å². The van der Waals surface area contributed by atoms with E-state index in [9.17, 15) is 4.39 Å². The zero-order chi connectivity index (χ0) is 23.2. The highest BCUT2D eigenvalue weighted by atomic mass is 19.1. The van der Waals surface area contributed by atoms with Crippen molar-refractivity contribution in [2.45, 2.75) is 6.92 Å². The maximum Gasteiger partial charge on any atom is 0.135 e. The minimum absolute atomic E-state index is 0.385. The van der Waals surface area contributed by atoms with Crippen molar-refractivity contribution in [3.63, 3.8) is 0 Å². The van der Waals surface area contributed by atoms with E-state index in [-0.39, 0.29) is 5.82 Å². The quantitative estimate of drug-likeness (QED) is 0.360. The number of aromatic nitrogens is 6. The molecule has 6 rings (SSSR count). The number of H-pyrrole nitrogens is 2. The number of fused-ring (bicyclic) bond motifs is 2. The number of benzene rings is 1. The van der Waals surface area contributed by atoms with E-state index < -0.39 is 0 Å². The van der Waals surface area contributed by atoms with Gasteiger partial charge in [0.15, 0.2) is 0 Å². The molecule has 166 valence electrons. The number of rotatable bonds is 4. The molecule has 0 bridgehead atoms. The Morgan fingerprint density at radius 3 is 2.71 bits per heavy atom. The van der Waals surface area contributed by atoms with Gasteiger partial charge in [-0.25, -0.2) is 9.37 Å². The molecule has 0 saturated heterocycles. The lowest BCUT2D eigenvalue weighted by atomic mass is 10.1. The van der Waals surface area contributed by atoms with E-state index in [0.29, 0.717) is 22.7 Å². The number of hydrogen-bond donors (Lipinski definition) is 2. The lowest BCUT2D eigenvalue weighted by molar-refractivity contribution is 0.411. The largest absolute Gasteiger partial charge is 0.497 e. The van der Waals surface area contributed by atoms with E-state index in [1.54, 1.807) is 18.5 Å². The van der Waals surface area contributed by atoms with Gasteiger partial charge in [-0.1, -0.05) is 0 Å². The highest BCUT2D eigenvalue weighted by molar-refractivity contribution is 5.99. The first-order chi connectivity index (χ1) is 16.6. The maximum absolute atomic E-state index is 14.2. The van der Waals surface area contributed by atoms with Crippen molar-refractivity contribution in [1.82, 2.24) is 30.1 Å². The van der Waals surface area contributed by atoms with Crippen LogP contribution in [0.15, 0.2) is 67.1 Å². The van der Waals surface area contributed by atoms with Crippen molar-refractivity contribution in [2.24, 2.45) is 0 Å². The first-order valence-corrected chi connectivity index (χ1v) is 10.7. The summed E-state index contributed by atoms with van der Waals surface area (Å²) in [7, 11) is 1.51. The molecule has 0 fully saturated rings. The lowest BCUT2D eigenvalue weighted by Crippen LogP contribution is -1.89. The molecule has 0 spiro atoms. The molecule has 0 aliphatic rings.